The fraction of sp³-hybridized carbons (Fsp3) is 0.630. The van der Waals surface area contributed by atoms with E-state index in [1.807, 2.05) is 24.3 Å². The van der Waals surface area contributed by atoms with E-state index in [1.165, 1.54) is 18.0 Å². The summed E-state index contributed by atoms with van der Waals surface area (Å²) in [5, 5.41) is 37.7. The molecule has 0 amide bonds. The van der Waals surface area contributed by atoms with Crippen LogP contribution in [0.1, 0.15) is 44.3 Å². The van der Waals surface area contributed by atoms with Crippen LogP contribution in [0.25, 0.3) is 11.3 Å². The quantitative estimate of drug-likeness (QED) is 0.334. The molecule has 1 unspecified atom stereocenters. The van der Waals surface area contributed by atoms with Crippen LogP contribution in [-0.2, 0) is 25.9 Å². The zero-order chi connectivity index (χ0) is 31.8. The molecule has 13 nitrogen and oxygen atoms in total. The highest BCUT2D eigenvalue weighted by molar-refractivity contribution is 7.91. The van der Waals surface area contributed by atoms with Crippen LogP contribution in [0, 0.1) is 17.5 Å². The molecule has 6 atom stereocenters. The van der Waals surface area contributed by atoms with Crippen molar-refractivity contribution in [3.8, 4) is 11.3 Å². The summed E-state index contributed by atoms with van der Waals surface area (Å²) in [5.41, 5.74) is 0.779. The van der Waals surface area contributed by atoms with Crippen molar-refractivity contribution in [2.45, 2.75) is 74.9 Å². The minimum atomic E-state index is -2.45. The van der Waals surface area contributed by atoms with Crippen molar-refractivity contribution < 1.29 is 37.1 Å². The van der Waals surface area contributed by atoms with Gasteiger partial charge in [-0.15, -0.1) is 10.2 Å². The van der Waals surface area contributed by atoms with E-state index >= 15 is 0 Å². The van der Waals surface area contributed by atoms with Gasteiger partial charge in [0.05, 0.1) is 30.3 Å². The van der Waals surface area contributed by atoms with Gasteiger partial charge in [-0.3, -0.25) is 0 Å². The van der Waals surface area contributed by atoms with Crippen molar-refractivity contribution in [3.63, 3.8) is 0 Å². The van der Waals surface area contributed by atoms with Gasteiger partial charge in [0.1, 0.15) is 46.1 Å². The summed E-state index contributed by atoms with van der Waals surface area (Å²) in [6.07, 6.45) is 0.818. The molecule has 2 fully saturated rings. The van der Waals surface area contributed by atoms with Crippen molar-refractivity contribution >= 4 is 9.92 Å². The molecular formula is C27H37F3N8O5S. The summed E-state index contributed by atoms with van der Waals surface area (Å²) >= 11 is 0. The molecule has 44 heavy (non-hydrogen) atoms. The molecule has 17 heteroatoms. The van der Waals surface area contributed by atoms with Crippen molar-refractivity contribution in [1.82, 2.24) is 34.3 Å². The molecule has 0 saturated carbocycles. The standard InChI is InChI=1S/C27H37F3N8O5S/c1-15(2)44(41,31-3)37-7-5-16(6-8-37)20-11-36(34-32-20)13-22-27(42-4)25(26(40)23(14-39)43-22)38-12-21(33-35-38)17-9-18(28)24(30)19(29)10-17/h9-12,15-16,22-23,25-27,39-40H,5-8,13-14H2,1-4H3/t22-,23-,25+,26+,27+,44?/m1/s1. The van der Waals surface area contributed by atoms with Gasteiger partial charge in [-0.25, -0.2) is 35.4 Å². The van der Waals surface area contributed by atoms with Gasteiger partial charge in [0.2, 0.25) is 0 Å². The number of aromatic nitrogens is 6. The Labute approximate surface area is 253 Å². The molecule has 2 N–H and O–H groups in total. The molecular weight excluding hydrogens is 605 g/mol. The summed E-state index contributed by atoms with van der Waals surface area (Å²) in [5.74, 6) is -4.23. The molecule has 1 aromatic carbocycles. The molecule has 0 aliphatic carbocycles. The predicted octanol–water partition coefficient (Wildman–Crippen LogP) is 1.93. The Kier molecular flexibility index (Phi) is 9.72. The lowest BCUT2D eigenvalue weighted by molar-refractivity contribution is -0.216. The van der Waals surface area contributed by atoms with Crippen LogP contribution in [0.2, 0.25) is 0 Å². The molecule has 2 aromatic heterocycles. The van der Waals surface area contributed by atoms with E-state index in [2.05, 4.69) is 25.0 Å². The van der Waals surface area contributed by atoms with Crippen molar-refractivity contribution in [2.75, 3.05) is 33.9 Å². The van der Waals surface area contributed by atoms with Gasteiger partial charge in [-0.1, -0.05) is 10.4 Å². The number of rotatable bonds is 9. The SMILES string of the molecule is CN=S(=O)(C(C)C)N1CCC(c2cn(C[C@H]3O[C@H](CO)[C@H](O)[C@H](n4cc(-c5cc(F)c(F)c(F)c5)nn4)[C@H]3OC)nn2)CC1. The van der Waals surface area contributed by atoms with Crippen LogP contribution in [-0.4, -0.2) is 112 Å². The first-order chi connectivity index (χ1) is 21.0. The normalized spacial score (nSPS) is 26.6. The number of halogens is 3. The molecule has 0 spiro atoms. The van der Waals surface area contributed by atoms with Crippen molar-refractivity contribution in [1.29, 1.82) is 0 Å². The highest BCUT2D eigenvalue weighted by Gasteiger charge is 2.47. The largest absolute Gasteiger partial charge is 0.394 e. The molecule has 2 aliphatic rings. The second-order valence-electron chi connectivity index (χ2n) is 11.3. The lowest BCUT2D eigenvalue weighted by Crippen LogP contribution is -2.57. The van der Waals surface area contributed by atoms with Gasteiger partial charge in [-0.2, -0.15) is 0 Å². The number of aliphatic hydroxyl groups is 2. The number of ether oxygens (including phenoxy) is 2. The monoisotopic (exact) mass is 642 g/mol. The first-order valence-corrected chi connectivity index (χ1v) is 15.9. The average Bonchev–Trinajstić information content (AvgIpc) is 3.70. The smallest absolute Gasteiger partial charge is 0.194 e. The van der Waals surface area contributed by atoms with Crippen LogP contribution < -0.4 is 0 Å². The molecule has 3 aromatic rings. The third-order valence-corrected chi connectivity index (χ3v) is 11.2. The van der Waals surface area contributed by atoms with E-state index in [0.29, 0.717) is 13.1 Å². The van der Waals surface area contributed by atoms with Crippen molar-refractivity contribution in [3.05, 3.63) is 47.7 Å². The number of nitrogens with zero attached hydrogens (tertiary/aromatic N) is 8. The van der Waals surface area contributed by atoms with Gasteiger partial charge in [-0.05, 0) is 38.8 Å². The minimum absolute atomic E-state index is 0.0391. The number of hydrogen-bond acceptors (Lipinski definition) is 10. The topological polar surface area (TPSA) is 153 Å². The zero-order valence-electron chi connectivity index (χ0n) is 24.8. The molecule has 0 radical (unpaired) electrons. The third kappa shape index (κ3) is 6.12. The average molecular weight is 643 g/mol. The fourth-order valence-corrected chi connectivity index (χ4v) is 7.97. The number of piperidine rings is 1. The molecule has 4 heterocycles. The Morgan fingerprint density at radius 3 is 2.39 bits per heavy atom. The number of methoxy groups -OCH3 is 1. The highest BCUT2D eigenvalue weighted by Crippen LogP contribution is 2.34. The second-order valence-corrected chi connectivity index (χ2v) is 14.2. The first-order valence-electron chi connectivity index (χ1n) is 14.3. The van der Waals surface area contributed by atoms with Crippen LogP contribution in [0.5, 0.6) is 0 Å². The van der Waals surface area contributed by atoms with Gasteiger partial charge >= 0.3 is 0 Å². The van der Waals surface area contributed by atoms with E-state index in [9.17, 15) is 27.6 Å². The fourth-order valence-electron chi connectivity index (χ4n) is 5.98. The molecule has 242 valence electrons. The molecule has 0 bridgehead atoms. The number of aliphatic hydroxyl groups excluding tert-OH is 2. The lowest BCUT2D eigenvalue weighted by Gasteiger charge is -2.43. The van der Waals surface area contributed by atoms with Crippen LogP contribution >= 0.6 is 0 Å². The first kappa shape index (κ1) is 32.4. The highest BCUT2D eigenvalue weighted by atomic mass is 32.2. The Balaban J connectivity index is 1.32. The van der Waals surface area contributed by atoms with E-state index in [1.54, 1.807) is 11.7 Å². The third-order valence-electron chi connectivity index (χ3n) is 8.37. The summed E-state index contributed by atoms with van der Waals surface area (Å²) in [6, 6.07) is 0.682. The van der Waals surface area contributed by atoms with Crippen LogP contribution in [0.4, 0.5) is 13.2 Å². The van der Waals surface area contributed by atoms with E-state index in [4.69, 9.17) is 9.47 Å². The molecule has 2 aliphatic heterocycles. The van der Waals surface area contributed by atoms with Gasteiger partial charge < -0.3 is 19.7 Å². The maximum atomic E-state index is 13.8. The van der Waals surface area contributed by atoms with Gasteiger partial charge in [0.25, 0.3) is 0 Å². The Morgan fingerprint density at radius 2 is 1.80 bits per heavy atom. The molecule has 2 saturated heterocycles. The predicted molar refractivity (Wildman–Crippen MR) is 152 cm³/mol. The van der Waals surface area contributed by atoms with Crippen LogP contribution in [0.15, 0.2) is 28.9 Å². The molecule has 5 rings (SSSR count). The summed E-state index contributed by atoms with van der Waals surface area (Å²) in [7, 11) is 0.581. The summed E-state index contributed by atoms with van der Waals surface area (Å²) in [4.78, 5) is 0. The van der Waals surface area contributed by atoms with Crippen LogP contribution in [0.3, 0.4) is 0 Å². The van der Waals surface area contributed by atoms with Gasteiger partial charge in [0, 0.05) is 44.9 Å². The summed E-state index contributed by atoms with van der Waals surface area (Å²) in [6.45, 7) is 4.72. The van der Waals surface area contributed by atoms with E-state index < -0.39 is 64.4 Å². The Bertz CT molecular complexity index is 1550. The Hall–Kier alpha value is -2.96. The maximum Gasteiger partial charge on any atom is 0.194 e. The number of hydrogen-bond donors (Lipinski definition) is 2. The van der Waals surface area contributed by atoms with E-state index in [-0.39, 0.29) is 29.0 Å². The zero-order valence-corrected chi connectivity index (χ0v) is 25.6. The Morgan fingerprint density at radius 1 is 1.11 bits per heavy atom. The van der Waals surface area contributed by atoms with Gasteiger partial charge in [0.15, 0.2) is 17.5 Å². The second kappa shape index (κ2) is 13.2. The number of benzene rings is 1. The summed E-state index contributed by atoms with van der Waals surface area (Å²) < 4.78 is 75.2. The van der Waals surface area contributed by atoms with E-state index in [0.717, 1.165) is 30.7 Å². The minimum Gasteiger partial charge on any atom is -0.394 e. The lowest BCUT2D eigenvalue weighted by atomic mass is 9.92. The maximum absolute atomic E-state index is 13.8. The van der Waals surface area contributed by atoms with Crippen molar-refractivity contribution in [2.24, 2.45) is 4.36 Å².